The molecule has 3 nitrogen and oxygen atoms in total. The van der Waals surface area contributed by atoms with Crippen molar-refractivity contribution in [2.45, 2.75) is 64.4 Å². The van der Waals surface area contributed by atoms with E-state index in [2.05, 4.69) is 12.2 Å². The number of nitrogens with one attached hydrogen (secondary N) is 1. The maximum Gasteiger partial charge on any atom is 0.411 e. The molecule has 0 heterocycles. The molecule has 0 bridgehead atoms. The molecule has 2 fully saturated rings. The molecule has 4 heteroatoms. The lowest BCUT2D eigenvalue weighted by Crippen LogP contribution is -2.50. The first-order chi connectivity index (χ1) is 11.1. The van der Waals surface area contributed by atoms with Gasteiger partial charge in [-0.15, -0.1) is 0 Å². The first-order valence-corrected chi connectivity index (χ1v) is 8.84. The highest BCUT2D eigenvalue weighted by Crippen LogP contribution is 2.54. The summed E-state index contributed by atoms with van der Waals surface area (Å²) in [6.07, 6.45) is 9.28. The summed E-state index contributed by atoms with van der Waals surface area (Å²) in [5, 5.41) is 2.69. The zero-order chi connectivity index (χ0) is 16.3. The van der Waals surface area contributed by atoms with Gasteiger partial charge in [0.15, 0.2) is 0 Å². The van der Waals surface area contributed by atoms with Gasteiger partial charge < -0.3 is 4.74 Å². The largest absolute Gasteiger partial charge is 0.445 e. The van der Waals surface area contributed by atoms with Crippen LogP contribution in [0.4, 0.5) is 14.9 Å². The second-order valence-corrected chi connectivity index (χ2v) is 7.16. The minimum absolute atomic E-state index is 0.0468. The third kappa shape index (κ3) is 3.67. The van der Waals surface area contributed by atoms with E-state index < -0.39 is 6.09 Å². The van der Waals surface area contributed by atoms with Gasteiger partial charge in [0.1, 0.15) is 11.9 Å². The van der Waals surface area contributed by atoms with Gasteiger partial charge in [0, 0.05) is 11.1 Å². The normalized spacial score (nSPS) is 29.8. The van der Waals surface area contributed by atoms with E-state index >= 15 is 0 Å². The molecule has 1 aromatic rings. The van der Waals surface area contributed by atoms with Crippen molar-refractivity contribution in [1.82, 2.24) is 0 Å². The molecule has 23 heavy (non-hydrogen) atoms. The fourth-order valence-corrected chi connectivity index (χ4v) is 4.19. The average Bonchev–Trinajstić information content (AvgIpc) is 2.55. The quantitative estimate of drug-likeness (QED) is 0.794. The van der Waals surface area contributed by atoms with Crippen molar-refractivity contribution in [3.63, 3.8) is 0 Å². The first-order valence-electron chi connectivity index (χ1n) is 8.84. The van der Waals surface area contributed by atoms with E-state index in [0.29, 0.717) is 5.69 Å². The van der Waals surface area contributed by atoms with E-state index in [4.69, 9.17) is 4.74 Å². The molecule has 0 aromatic heterocycles. The molecule has 0 saturated heterocycles. The van der Waals surface area contributed by atoms with E-state index in [1.54, 1.807) is 12.1 Å². The van der Waals surface area contributed by atoms with Gasteiger partial charge in [-0.05, 0) is 68.7 Å². The summed E-state index contributed by atoms with van der Waals surface area (Å²) >= 11 is 0. The number of anilines is 1. The molecule has 2 aliphatic rings. The molecule has 126 valence electrons. The topological polar surface area (TPSA) is 38.3 Å². The molecule has 3 rings (SSSR count). The number of benzene rings is 1. The summed E-state index contributed by atoms with van der Waals surface area (Å²) in [5.41, 5.74) is 0.793. The maximum atomic E-state index is 12.9. The molecular formula is C19H26FNO2. The van der Waals surface area contributed by atoms with Crippen molar-refractivity contribution < 1.29 is 13.9 Å². The zero-order valence-corrected chi connectivity index (χ0v) is 13.8. The molecular weight excluding hydrogens is 293 g/mol. The highest BCUT2D eigenvalue weighted by molar-refractivity contribution is 5.84. The predicted molar refractivity (Wildman–Crippen MR) is 88.8 cm³/mol. The standard InChI is InChI=1S/C19H26FNO2/c1-2-3-14-8-11-19(12-9-14)13-10-17(19)23-18(22)21-16-6-4-15(20)5-7-16/h4-7,14,17H,2-3,8-13H2,1H3,(H,21,22)/t14?,17-,19?/m1/s1. The van der Waals surface area contributed by atoms with Crippen LogP contribution in [0.25, 0.3) is 0 Å². The Kier molecular flexibility index (Phi) is 4.88. The Balaban J connectivity index is 1.50. The van der Waals surface area contributed by atoms with Crippen LogP contribution >= 0.6 is 0 Å². The van der Waals surface area contributed by atoms with E-state index in [1.165, 1.54) is 57.1 Å². The lowest BCUT2D eigenvalue weighted by molar-refractivity contribution is -0.0962. The van der Waals surface area contributed by atoms with Crippen LogP contribution in [0.1, 0.15) is 58.3 Å². The van der Waals surface area contributed by atoms with Gasteiger partial charge in [0.25, 0.3) is 0 Å². The second-order valence-electron chi connectivity index (χ2n) is 7.16. The van der Waals surface area contributed by atoms with Gasteiger partial charge in [-0.1, -0.05) is 19.8 Å². The summed E-state index contributed by atoms with van der Waals surface area (Å²) in [7, 11) is 0. The van der Waals surface area contributed by atoms with Gasteiger partial charge in [-0.3, -0.25) is 5.32 Å². The Morgan fingerprint density at radius 3 is 2.43 bits per heavy atom. The predicted octanol–water partition coefficient (Wildman–Crippen LogP) is 5.51. The molecule has 2 saturated carbocycles. The van der Waals surface area contributed by atoms with Crippen molar-refractivity contribution in [1.29, 1.82) is 0 Å². The Hall–Kier alpha value is -1.58. The number of hydrogen-bond donors (Lipinski definition) is 1. The molecule has 1 atom stereocenters. The number of amides is 1. The van der Waals surface area contributed by atoms with Gasteiger partial charge in [0.05, 0.1) is 0 Å². The van der Waals surface area contributed by atoms with Crippen molar-refractivity contribution in [3.8, 4) is 0 Å². The minimum atomic E-state index is -0.420. The Morgan fingerprint density at radius 2 is 1.87 bits per heavy atom. The van der Waals surface area contributed by atoms with E-state index in [0.717, 1.165) is 12.3 Å². The summed E-state index contributed by atoms with van der Waals surface area (Å²) in [4.78, 5) is 12.1. The van der Waals surface area contributed by atoms with Crippen LogP contribution in [0, 0.1) is 17.2 Å². The van der Waals surface area contributed by atoms with Crippen molar-refractivity contribution in [2.24, 2.45) is 11.3 Å². The number of hydrogen-bond acceptors (Lipinski definition) is 2. The molecule has 0 unspecified atom stereocenters. The van der Waals surface area contributed by atoms with Crippen LogP contribution in [-0.4, -0.2) is 12.2 Å². The van der Waals surface area contributed by atoms with Crippen LogP contribution in [0.2, 0.25) is 0 Å². The van der Waals surface area contributed by atoms with Crippen LogP contribution in [-0.2, 0) is 4.74 Å². The summed E-state index contributed by atoms with van der Waals surface area (Å²) < 4.78 is 18.5. The number of halogens is 1. The van der Waals surface area contributed by atoms with Gasteiger partial charge >= 0.3 is 6.09 Å². The third-order valence-corrected chi connectivity index (χ3v) is 5.73. The molecule has 2 aliphatic carbocycles. The van der Waals surface area contributed by atoms with Crippen LogP contribution in [0.3, 0.4) is 0 Å². The molecule has 0 aliphatic heterocycles. The van der Waals surface area contributed by atoms with Gasteiger partial charge in [0.2, 0.25) is 0 Å². The van der Waals surface area contributed by atoms with Crippen LogP contribution in [0.5, 0.6) is 0 Å². The van der Waals surface area contributed by atoms with E-state index in [-0.39, 0.29) is 17.3 Å². The summed E-state index contributed by atoms with van der Waals surface area (Å²) in [6, 6.07) is 5.75. The average molecular weight is 319 g/mol. The van der Waals surface area contributed by atoms with Crippen LogP contribution < -0.4 is 5.32 Å². The maximum absolute atomic E-state index is 12.9. The molecule has 0 radical (unpaired) electrons. The highest BCUT2D eigenvalue weighted by Gasteiger charge is 2.50. The number of ether oxygens (including phenoxy) is 1. The Morgan fingerprint density at radius 1 is 1.22 bits per heavy atom. The Bertz CT molecular complexity index is 535. The van der Waals surface area contributed by atoms with Gasteiger partial charge in [-0.25, -0.2) is 9.18 Å². The molecule has 1 aromatic carbocycles. The lowest BCUT2D eigenvalue weighted by atomic mass is 9.57. The van der Waals surface area contributed by atoms with E-state index in [9.17, 15) is 9.18 Å². The molecule has 1 N–H and O–H groups in total. The molecule has 1 amide bonds. The third-order valence-electron chi connectivity index (χ3n) is 5.73. The fraction of sp³-hybridized carbons (Fsp3) is 0.632. The second kappa shape index (κ2) is 6.90. The van der Waals surface area contributed by atoms with Crippen LogP contribution in [0.15, 0.2) is 24.3 Å². The Labute approximate surface area is 137 Å². The fourth-order valence-electron chi connectivity index (χ4n) is 4.19. The lowest BCUT2D eigenvalue weighted by Gasteiger charge is -2.52. The zero-order valence-electron chi connectivity index (χ0n) is 13.8. The van der Waals surface area contributed by atoms with Gasteiger partial charge in [-0.2, -0.15) is 0 Å². The molecule has 1 spiro atoms. The van der Waals surface area contributed by atoms with Crippen molar-refractivity contribution in [2.75, 3.05) is 5.32 Å². The van der Waals surface area contributed by atoms with Crippen molar-refractivity contribution in [3.05, 3.63) is 30.1 Å². The summed E-state index contributed by atoms with van der Waals surface area (Å²) in [5.74, 6) is 0.547. The summed E-state index contributed by atoms with van der Waals surface area (Å²) in [6.45, 7) is 2.25. The highest BCUT2D eigenvalue weighted by atomic mass is 19.1. The number of rotatable bonds is 4. The minimum Gasteiger partial charge on any atom is -0.445 e. The van der Waals surface area contributed by atoms with Crippen molar-refractivity contribution >= 4 is 11.8 Å². The number of carbonyl (C=O) groups excluding carboxylic acids is 1. The smallest absolute Gasteiger partial charge is 0.411 e. The first kappa shape index (κ1) is 16.3. The van der Waals surface area contributed by atoms with E-state index in [1.807, 2.05) is 0 Å². The monoisotopic (exact) mass is 319 g/mol. The number of carbonyl (C=O) groups is 1. The SMILES string of the molecule is CCCC1CCC2(CC1)CC[C@H]2OC(=O)Nc1ccc(F)cc1.